The summed E-state index contributed by atoms with van der Waals surface area (Å²) in [6.07, 6.45) is -2.75. The van der Waals surface area contributed by atoms with Crippen LogP contribution in [0.1, 0.15) is 26.7 Å². The number of hydrogen-bond acceptors (Lipinski definition) is 3. The average Bonchev–Trinajstić information content (AvgIpc) is 3.00. The Labute approximate surface area is 92.9 Å². The smallest absolute Gasteiger partial charge is 0.363 e. The largest absolute Gasteiger partial charge is 0.416 e. The van der Waals surface area contributed by atoms with E-state index in [1.807, 2.05) is 6.92 Å². The fourth-order valence-electron chi connectivity index (χ4n) is 0.922. The van der Waals surface area contributed by atoms with Crippen LogP contribution in [-0.2, 0) is 14.2 Å². The van der Waals surface area contributed by atoms with Crippen LogP contribution in [0.25, 0.3) is 0 Å². The van der Waals surface area contributed by atoms with Gasteiger partial charge in [-0.2, -0.15) is 13.2 Å². The number of alkyl halides is 3. The molecule has 0 aromatic heterocycles. The lowest BCUT2D eigenvalue weighted by molar-refractivity contribution is -0.146. The van der Waals surface area contributed by atoms with E-state index in [4.69, 9.17) is 9.47 Å². The van der Waals surface area contributed by atoms with Crippen molar-refractivity contribution in [1.82, 2.24) is 0 Å². The average molecular weight is 242 g/mol. The Morgan fingerprint density at radius 2 is 1.94 bits per heavy atom. The van der Waals surface area contributed by atoms with E-state index in [1.54, 1.807) is 0 Å². The van der Waals surface area contributed by atoms with Crippen molar-refractivity contribution in [3.8, 4) is 0 Å². The van der Waals surface area contributed by atoms with E-state index < -0.39 is 12.3 Å². The molecule has 0 amide bonds. The molecule has 2 rings (SSSR count). The molecule has 3 unspecified atom stereocenters. The third-order valence-electron chi connectivity index (χ3n) is 2.13. The maximum absolute atomic E-state index is 11.1. The molecule has 0 saturated carbocycles. The van der Waals surface area contributed by atoms with E-state index in [9.17, 15) is 13.2 Å². The standard InChI is InChI=1S/C7H14O2.C3H3F3O/c1-3-4-5-8-7-6(2)9-7;4-3(5,6)2-1-7-2/h6-7H,3-5H2,1-2H3;2H,1H2. The van der Waals surface area contributed by atoms with Crippen molar-refractivity contribution in [2.75, 3.05) is 13.2 Å². The normalized spacial score (nSPS) is 31.7. The van der Waals surface area contributed by atoms with Gasteiger partial charge < -0.3 is 14.2 Å². The Balaban J connectivity index is 0.000000165. The van der Waals surface area contributed by atoms with Gasteiger partial charge in [-0.1, -0.05) is 13.3 Å². The van der Waals surface area contributed by atoms with Crippen molar-refractivity contribution < 1.29 is 27.4 Å². The molecule has 2 saturated heterocycles. The van der Waals surface area contributed by atoms with Crippen molar-refractivity contribution in [1.29, 1.82) is 0 Å². The molecule has 2 aliphatic rings. The van der Waals surface area contributed by atoms with Gasteiger partial charge in [0, 0.05) is 6.61 Å². The highest BCUT2D eigenvalue weighted by atomic mass is 19.4. The van der Waals surface area contributed by atoms with Crippen LogP contribution in [0.4, 0.5) is 13.2 Å². The molecule has 0 aromatic carbocycles. The summed E-state index contributed by atoms with van der Waals surface area (Å²) in [5.41, 5.74) is 0. The van der Waals surface area contributed by atoms with Gasteiger partial charge in [-0.3, -0.25) is 0 Å². The second-order valence-corrected chi connectivity index (χ2v) is 3.80. The molecular formula is C10H17F3O3. The fourth-order valence-corrected chi connectivity index (χ4v) is 0.922. The molecule has 96 valence electrons. The maximum Gasteiger partial charge on any atom is 0.416 e. The monoisotopic (exact) mass is 242 g/mol. The number of epoxide rings is 2. The van der Waals surface area contributed by atoms with Crippen molar-refractivity contribution in [3.63, 3.8) is 0 Å². The van der Waals surface area contributed by atoms with Crippen LogP contribution in [0.2, 0.25) is 0 Å². The maximum atomic E-state index is 11.1. The second kappa shape index (κ2) is 5.84. The van der Waals surface area contributed by atoms with E-state index in [2.05, 4.69) is 11.7 Å². The van der Waals surface area contributed by atoms with Gasteiger partial charge in [0.15, 0.2) is 12.4 Å². The molecule has 0 spiro atoms. The first-order chi connectivity index (χ1) is 7.45. The van der Waals surface area contributed by atoms with Gasteiger partial charge in [-0.25, -0.2) is 0 Å². The number of ether oxygens (including phenoxy) is 3. The first kappa shape index (κ1) is 13.7. The molecule has 0 aromatic rings. The predicted molar refractivity (Wildman–Crippen MR) is 51.0 cm³/mol. The Kier molecular flexibility index (Phi) is 5.01. The van der Waals surface area contributed by atoms with Crippen LogP contribution >= 0.6 is 0 Å². The zero-order chi connectivity index (χ0) is 12.2. The summed E-state index contributed by atoms with van der Waals surface area (Å²) in [5.74, 6) is 0. The van der Waals surface area contributed by atoms with Gasteiger partial charge in [0.05, 0.1) is 6.61 Å². The van der Waals surface area contributed by atoms with Crippen LogP contribution < -0.4 is 0 Å². The lowest BCUT2D eigenvalue weighted by Gasteiger charge is -1.96. The topological polar surface area (TPSA) is 34.3 Å². The summed E-state index contributed by atoms with van der Waals surface area (Å²) in [7, 11) is 0. The van der Waals surface area contributed by atoms with Crippen molar-refractivity contribution in [3.05, 3.63) is 0 Å². The van der Waals surface area contributed by atoms with E-state index in [-0.39, 0.29) is 12.9 Å². The summed E-state index contributed by atoms with van der Waals surface area (Å²) in [4.78, 5) is 0. The molecule has 2 heterocycles. The lowest BCUT2D eigenvalue weighted by atomic mass is 10.4. The highest BCUT2D eigenvalue weighted by Gasteiger charge is 2.49. The molecule has 0 radical (unpaired) electrons. The van der Waals surface area contributed by atoms with Crippen LogP contribution in [0.3, 0.4) is 0 Å². The second-order valence-electron chi connectivity index (χ2n) is 3.80. The summed E-state index contributed by atoms with van der Waals surface area (Å²) < 4.78 is 47.6. The minimum Gasteiger partial charge on any atom is -0.363 e. The first-order valence-corrected chi connectivity index (χ1v) is 5.40. The third-order valence-corrected chi connectivity index (χ3v) is 2.13. The molecule has 2 fully saturated rings. The Bertz CT molecular complexity index is 204. The molecule has 3 nitrogen and oxygen atoms in total. The highest BCUT2D eigenvalue weighted by Crippen LogP contribution is 2.30. The van der Waals surface area contributed by atoms with Gasteiger partial charge in [-0.15, -0.1) is 0 Å². The summed E-state index contributed by atoms with van der Waals surface area (Å²) in [6, 6.07) is 0. The zero-order valence-electron chi connectivity index (χ0n) is 9.42. The number of unbranched alkanes of at least 4 members (excludes halogenated alkanes) is 1. The molecule has 3 atom stereocenters. The van der Waals surface area contributed by atoms with Crippen LogP contribution in [0, 0.1) is 0 Å². The minimum absolute atomic E-state index is 0.122. The predicted octanol–water partition coefficient (Wildman–Crippen LogP) is 2.50. The van der Waals surface area contributed by atoms with Gasteiger partial charge in [0.2, 0.25) is 0 Å². The Hall–Kier alpha value is -0.330. The van der Waals surface area contributed by atoms with Gasteiger partial charge >= 0.3 is 6.18 Å². The van der Waals surface area contributed by atoms with Crippen molar-refractivity contribution in [2.45, 2.75) is 51.4 Å². The summed E-state index contributed by atoms with van der Waals surface area (Å²) in [5, 5.41) is 0. The van der Waals surface area contributed by atoms with Crippen LogP contribution in [-0.4, -0.2) is 37.9 Å². The van der Waals surface area contributed by atoms with E-state index in [0.29, 0.717) is 6.10 Å². The lowest BCUT2D eigenvalue weighted by Crippen LogP contribution is -2.15. The number of halogens is 3. The number of rotatable bonds is 4. The van der Waals surface area contributed by atoms with Crippen LogP contribution in [0.15, 0.2) is 0 Å². The summed E-state index contributed by atoms with van der Waals surface area (Å²) >= 11 is 0. The van der Waals surface area contributed by atoms with Gasteiger partial charge in [-0.05, 0) is 13.3 Å². The SMILES string of the molecule is CCCCOC1OC1C.FC(F)(F)C1CO1. The highest BCUT2D eigenvalue weighted by molar-refractivity contribution is 4.76. The molecule has 16 heavy (non-hydrogen) atoms. The van der Waals surface area contributed by atoms with Crippen molar-refractivity contribution in [2.24, 2.45) is 0 Å². The van der Waals surface area contributed by atoms with Crippen molar-refractivity contribution >= 4 is 0 Å². The van der Waals surface area contributed by atoms with E-state index >= 15 is 0 Å². The molecule has 0 bridgehead atoms. The van der Waals surface area contributed by atoms with E-state index in [1.165, 1.54) is 6.42 Å². The molecule has 6 heteroatoms. The first-order valence-electron chi connectivity index (χ1n) is 5.40. The molecular weight excluding hydrogens is 225 g/mol. The third kappa shape index (κ3) is 5.67. The van der Waals surface area contributed by atoms with E-state index in [0.717, 1.165) is 13.0 Å². The molecule has 0 N–H and O–H groups in total. The number of hydrogen-bond donors (Lipinski definition) is 0. The van der Waals surface area contributed by atoms with Gasteiger partial charge in [0.1, 0.15) is 6.10 Å². The minimum atomic E-state index is -4.11. The zero-order valence-corrected chi connectivity index (χ0v) is 9.42. The Morgan fingerprint density at radius 3 is 2.19 bits per heavy atom. The summed E-state index contributed by atoms with van der Waals surface area (Å²) in [6.45, 7) is 4.88. The molecule has 0 aliphatic carbocycles. The molecule has 2 aliphatic heterocycles. The Morgan fingerprint density at radius 1 is 1.38 bits per heavy atom. The van der Waals surface area contributed by atoms with Crippen LogP contribution in [0.5, 0.6) is 0 Å². The quantitative estimate of drug-likeness (QED) is 0.561. The fraction of sp³-hybridized carbons (Fsp3) is 1.00. The van der Waals surface area contributed by atoms with Gasteiger partial charge in [0.25, 0.3) is 0 Å².